The molecule has 106 valence electrons. The molecule has 0 bridgehead atoms. The number of aromatic nitrogens is 5. The minimum absolute atomic E-state index is 0.346. The number of rotatable bonds is 4. The maximum absolute atomic E-state index is 5.56. The van der Waals surface area contributed by atoms with E-state index in [2.05, 4.69) is 25.3 Å². The van der Waals surface area contributed by atoms with Crippen molar-refractivity contribution in [3.63, 3.8) is 0 Å². The highest BCUT2D eigenvalue weighted by molar-refractivity contribution is 5.57. The first-order chi connectivity index (χ1) is 10.3. The van der Waals surface area contributed by atoms with Crippen molar-refractivity contribution in [3.05, 3.63) is 36.2 Å². The third kappa shape index (κ3) is 2.70. The van der Waals surface area contributed by atoms with Crippen LogP contribution in [0.3, 0.4) is 0 Å². The van der Waals surface area contributed by atoms with Crippen molar-refractivity contribution in [3.8, 4) is 28.9 Å². The first-order valence-electron chi connectivity index (χ1n) is 6.17. The lowest BCUT2D eigenvalue weighted by Crippen LogP contribution is -1.99. The highest BCUT2D eigenvalue weighted by atomic mass is 16.5. The van der Waals surface area contributed by atoms with Crippen LogP contribution >= 0.6 is 0 Å². The molecule has 0 saturated carbocycles. The molecule has 0 radical (unpaired) electrons. The monoisotopic (exact) mass is 284 g/mol. The van der Waals surface area contributed by atoms with Crippen molar-refractivity contribution in [1.29, 1.82) is 0 Å². The Kier molecular flexibility index (Phi) is 3.52. The molecule has 3 aromatic rings. The van der Waals surface area contributed by atoms with E-state index in [1.807, 2.05) is 0 Å². The number of hydrogen-bond donors (Lipinski definition) is 1. The Labute approximate surface area is 120 Å². The van der Waals surface area contributed by atoms with E-state index < -0.39 is 0 Å². The van der Waals surface area contributed by atoms with Gasteiger partial charge in [-0.25, -0.2) is 0 Å². The molecule has 2 N–H and O–H groups in total. The molecule has 0 amide bonds. The van der Waals surface area contributed by atoms with E-state index in [1.54, 1.807) is 30.5 Å². The summed E-state index contributed by atoms with van der Waals surface area (Å²) in [6.45, 7) is 0.346. The lowest BCUT2D eigenvalue weighted by molar-refractivity contribution is 0.392. The van der Waals surface area contributed by atoms with Gasteiger partial charge in [-0.15, -0.1) is 10.2 Å². The molecule has 0 fully saturated rings. The predicted molar refractivity (Wildman–Crippen MR) is 73.0 cm³/mol. The molecule has 8 nitrogen and oxygen atoms in total. The van der Waals surface area contributed by atoms with Gasteiger partial charge in [0.1, 0.15) is 5.69 Å². The zero-order valence-corrected chi connectivity index (χ0v) is 11.2. The van der Waals surface area contributed by atoms with Gasteiger partial charge in [0.05, 0.1) is 12.8 Å². The van der Waals surface area contributed by atoms with Gasteiger partial charge in [0.15, 0.2) is 0 Å². The first kappa shape index (κ1) is 13.1. The maximum atomic E-state index is 5.56. The number of hydrogen-bond acceptors (Lipinski definition) is 8. The third-order valence-electron chi connectivity index (χ3n) is 2.78. The van der Waals surface area contributed by atoms with Gasteiger partial charge in [-0.2, -0.15) is 4.98 Å². The Balaban J connectivity index is 1.91. The number of nitrogens with two attached hydrogens (primary N) is 1. The predicted octanol–water partition coefficient (Wildman–Crippen LogP) is 1.06. The van der Waals surface area contributed by atoms with Crippen molar-refractivity contribution in [2.24, 2.45) is 5.73 Å². The Morgan fingerprint density at radius 3 is 2.86 bits per heavy atom. The van der Waals surface area contributed by atoms with Gasteiger partial charge in [-0.1, -0.05) is 5.16 Å². The standard InChI is InChI=1S/C13H12N6O2/c1-20-11-3-2-10(17-18-11)12-16-13(21-19-12)8-4-5-15-9(6-8)7-14/h2-6H,7,14H2,1H3. The highest BCUT2D eigenvalue weighted by Gasteiger charge is 2.12. The van der Waals surface area contributed by atoms with Crippen molar-refractivity contribution in [2.75, 3.05) is 7.11 Å². The van der Waals surface area contributed by atoms with Crippen LogP contribution in [0, 0.1) is 0 Å². The molecule has 0 aliphatic heterocycles. The fourth-order valence-corrected chi connectivity index (χ4v) is 1.72. The van der Waals surface area contributed by atoms with Crippen molar-refractivity contribution in [2.45, 2.75) is 6.54 Å². The second-order valence-corrected chi connectivity index (χ2v) is 4.12. The quantitative estimate of drug-likeness (QED) is 0.756. The summed E-state index contributed by atoms with van der Waals surface area (Å²) in [4.78, 5) is 8.41. The Morgan fingerprint density at radius 1 is 1.24 bits per heavy atom. The molecular formula is C13H12N6O2. The van der Waals surface area contributed by atoms with Gasteiger partial charge in [0.2, 0.25) is 11.7 Å². The van der Waals surface area contributed by atoms with Crippen LogP contribution in [0.2, 0.25) is 0 Å². The molecule has 0 unspecified atom stereocenters. The van der Waals surface area contributed by atoms with E-state index in [4.69, 9.17) is 15.0 Å². The molecule has 0 aliphatic rings. The molecule has 3 rings (SSSR count). The summed E-state index contributed by atoms with van der Waals surface area (Å²) in [5.41, 5.74) is 7.56. The molecule has 0 atom stereocenters. The summed E-state index contributed by atoms with van der Waals surface area (Å²) < 4.78 is 10.2. The Bertz CT molecular complexity index is 740. The van der Waals surface area contributed by atoms with E-state index >= 15 is 0 Å². The van der Waals surface area contributed by atoms with Crippen LogP contribution in [0.25, 0.3) is 23.0 Å². The zero-order chi connectivity index (χ0) is 14.7. The van der Waals surface area contributed by atoms with E-state index in [0.717, 1.165) is 11.3 Å². The number of nitrogens with zero attached hydrogens (tertiary/aromatic N) is 5. The third-order valence-corrected chi connectivity index (χ3v) is 2.78. The largest absolute Gasteiger partial charge is 0.480 e. The zero-order valence-electron chi connectivity index (χ0n) is 11.2. The van der Waals surface area contributed by atoms with Crippen molar-refractivity contribution in [1.82, 2.24) is 25.3 Å². The van der Waals surface area contributed by atoms with E-state index in [1.165, 1.54) is 7.11 Å². The first-order valence-corrected chi connectivity index (χ1v) is 6.17. The molecule has 0 aromatic carbocycles. The topological polar surface area (TPSA) is 113 Å². The lowest BCUT2D eigenvalue weighted by atomic mass is 10.2. The normalized spacial score (nSPS) is 10.6. The molecule has 0 spiro atoms. The minimum Gasteiger partial charge on any atom is -0.480 e. The van der Waals surface area contributed by atoms with Crippen LogP contribution in [0.15, 0.2) is 35.0 Å². The second kappa shape index (κ2) is 5.63. The van der Waals surface area contributed by atoms with Crippen LogP contribution in [0.5, 0.6) is 5.88 Å². The number of methoxy groups -OCH3 is 1. The molecule has 8 heteroatoms. The van der Waals surface area contributed by atoms with Crippen LogP contribution in [0.1, 0.15) is 5.69 Å². The smallest absolute Gasteiger partial charge is 0.258 e. The van der Waals surface area contributed by atoms with E-state index in [9.17, 15) is 0 Å². The fraction of sp³-hybridized carbons (Fsp3) is 0.154. The van der Waals surface area contributed by atoms with Gasteiger partial charge in [-0.3, -0.25) is 4.98 Å². The summed E-state index contributed by atoms with van der Waals surface area (Å²) >= 11 is 0. The van der Waals surface area contributed by atoms with Gasteiger partial charge in [0, 0.05) is 24.4 Å². The van der Waals surface area contributed by atoms with E-state index in [-0.39, 0.29) is 0 Å². The van der Waals surface area contributed by atoms with Gasteiger partial charge in [0.25, 0.3) is 5.89 Å². The summed E-state index contributed by atoms with van der Waals surface area (Å²) in [5.74, 6) is 1.15. The second-order valence-electron chi connectivity index (χ2n) is 4.12. The average Bonchev–Trinajstić information content (AvgIpc) is 3.05. The van der Waals surface area contributed by atoms with Gasteiger partial charge < -0.3 is 15.0 Å². The molecule has 0 saturated heterocycles. The minimum atomic E-state index is 0.346. The summed E-state index contributed by atoms with van der Waals surface area (Å²) in [6.07, 6.45) is 1.65. The maximum Gasteiger partial charge on any atom is 0.258 e. The average molecular weight is 284 g/mol. The Hall–Kier alpha value is -2.87. The molecule has 3 heterocycles. The summed E-state index contributed by atoms with van der Waals surface area (Å²) in [5, 5.41) is 11.7. The Morgan fingerprint density at radius 2 is 2.14 bits per heavy atom. The lowest BCUT2D eigenvalue weighted by Gasteiger charge is -1.97. The summed E-state index contributed by atoms with van der Waals surface area (Å²) in [6, 6.07) is 6.96. The number of ether oxygens (including phenoxy) is 1. The van der Waals surface area contributed by atoms with Crippen molar-refractivity contribution < 1.29 is 9.26 Å². The highest BCUT2D eigenvalue weighted by Crippen LogP contribution is 2.21. The number of pyridine rings is 1. The van der Waals surface area contributed by atoms with Crippen LogP contribution in [0.4, 0.5) is 0 Å². The van der Waals surface area contributed by atoms with E-state index in [0.29, 0.717) is 29.8 Å². The van der Waals surface area contributed by atoms with Crippen LogP contribution < -0.4 is 10.5 Å². The SMILES string of the molecule is COc1ccc(-c2noc(-c3ccnc(CN)c3)n2)nn1. The van der Waals surface area contributed by atoms with Crippen LogP contribution in [-0.4, -0.2) is 32.4 Å². The van der Waals surface area contributed by atoms with Crippen molar-refractivity contribution >= 4 is 0 Å². The molecule has 21 heavy (non-hydrogen) atoms. The summed E-state index contributed by atoms with van der Waals surface area (Å²) in [7, 11) is 1.52. The van der Waals surface area contributed by atoms with Gasteiger partial charge in [-0.05, 0) is 18.2 Å². The fourth-order valence-electron chi connectivity index (χ4n) is 1.72. The molecular weight excluding hydrogens is 272 g/mol. The molecule has 3 aromatic heterocycles. The molecule has 0 aliphatic carbocycles. The van der Waals surface area contributed by atoms with Crippen LogP contribution in [-0.2, 0) is 6.54 Å². The van der Waals surface area contributed by atoms with Gasteiger partial charge >= 0.3 is 0 Å².